The number of nitrogens with one attached hydrogen (secondary N) is 1. The van der Waals surface area contributed by atoms with Crippen LogP contribution in [0.3, 0.4) is 0 Å². The van der Waals surface area contributed by atoms with E-state index in [0.29, 0.717) is 11.3 Å². The molecule has 0 aliphatic carbocycles. The van der Waals surface area contributed by atoms with E-state index in [1.165, 1.54) is 6.26 Å². The van der Waals surface area contributed by atoms with Crippen LogP contribution in [0.4, 0.5) is 0 Å². The largest absolute Gasteiger partial charge is 0.467 e. The van der Waals surface area contributed by atoms with E-state index >= 15 is 0 Å². The van der Waals surface area contributed by atoms with Gasteiger partial charge in [0.25, 0.3) is 5.91 Å². The number of hydrogen-bond donors (Lipinski definition) is 1. The van der Waals surface area contributed by atoms with E-state index < -0.39 is 5.97 Å². The molecular formula is C16H17NO4. The SMILES string of the molecule is Cc1cccc(C(=O)OCC(=O)NCc2ccco2)c1C. The molecule has 0 saturated heterocycles. The predicted molar refractivity (Wildman–Crippen MR) is 76.8 cm³/mol. The number of furan rings is 1. The zero-order valence-corrected chi connectivity index (χ0v) is 12.0. The molecule has 0 aliphatic heterocycles. The van der Waals surface area contributed by atoms with Gasteiger partial charge < -0.3 is 14.5 Å². The molecule has 0 fully saturated rings. The molecule has 0 spiro atoms. The molecular weight excluding hydrogens is 270 g/mol. The van der Waals surface area contributed by atoms with Crippen molar-refractivity contribution in [3.05, 3.63) is 59.0 Å². The molecule has 2 rings (SSSR count). The highest BCUT2D eigenvalue weighted by molar-refractivity contribution is 5.93. The molecule has 1 N–H and O–H groups in total. The van der Waals surface area contributed by atoms with Crippen molar-refractivity contribution in [2.24, 2.45) is 0 Å². The van der Waals surface area contributed by atoms with E-state index in [4.69, 9.17) is 9.15 Å². The Morgan fingerprint density at radius 1 is 1.19 bits per heavy atom. The van der Waals surface area contributed by atoms with Gasteiger partial charge in [-0.15, -0.1) is 0 Å². The second-order valence-electron chi connectivity index (χ2n) is 4.68. The lowest BCUT2D eigenvalue weighted by Crippen LogP contribution is -2.28. The van der Waals surface area contributed by atoms with Gasteiger partial charge in [-0.1, -0.05) is 12.1 Å². The van der Waals surface area contributed by atoms with Crippen molar-refractivity contribution < 1.29 is 18.7 Å². The van der Waals surface area contributed by atoms with E-state index in [0.717, 1.165) is 11.1 Å². The van der Waals surface area contributed by atoms with Crippen molar-refractivity contribution in [1.82, 2.24) is 5.32 Å². The van der Waals surface area contributed by atoms with Gasteiger partial charge in [-0.2, -0.15) is 0 Å². The molecule has 1 amide bonds. The molecule has 110 valence electrons. The summed E-state index contributed by atoms with van der Waals surface area (Å²) >= 11 is 0. The number of ether oxygens (including phenoxy) is 1. The van der Waals surface area contributed by atoms with Crippen molar-refractivity contribution in [2.45, 2.75) is 20.4 Å². The first-order chi connectivity index (χ1) is 10.1. The van der Waals surface area contributed by atoms with Crippen molar-refractivity contribution in [1.29, 1.82) is 0 Å². The normalized spacial score (nSPS) is 10.2. The highest BCUT2D eigenvalue weighted by Gasteiger charge is 2.13. The van der Waals surface area contributed by atoms with Crippen LogP contribution in [0.5, 0.6) is 0 Å². The second-order valence-corrected chi connectivity index (χ2v) is 4.68. The molecule has 21 heavy (non-hydrogen) atoms. The molecule has 0 saturated carbocycles. The highest BCUT2D eigenvalue weighted by Crippen LogP contribution is 2.13. The zero-order valence-electron chi connectivity index (χ0n) is 12.0. The fourth-order valence-electron chi connectivity index (χ4n) is 1.83. The van der Waals surface area contributed by atoms with Gasteiger partial charge in [0.1, 0.15) is 5.76 Å². The number of carbonyl (C=O) groups is 2. The summed E-state index contributed by atoms with van der Waals surface area (Å²) in [6.45, 7) is 3.73. The topological polar surface area (TPSA) is 68.5 Å². The number of amides is 1. The van der Waals surface area contributed by atoms with Gasteiger partial charge in [-0.25, -0.2) is 4.79 Å². The van der Waals surface area contributed by atoms with Gasteiger partial charge in [-0.05, 0) is 43.2 Å². The van der Waals surface area contributed by atoms with Crippen LogP contribution in [-0.2, 0) is 16.1 Å². The lowest BCUT2D eigenvalue weighted by Gasteiger charge is -2.09. The van der Waals surface area contributed by atoms with Crippen LogP contribution in [0.25, 0.3) is 0 Å². The lowest BCUT2D eigenvalue weighted by atomic mass is 10.0. The number of carbonyl (C=O) groups excluding carboxylic acids is 2. The lowest BCUT2D eigenvalue weighted by molar-refractivity contribution is -0.124. The van der Waals surface area contributed by atoms with Gasteiger partial charge in [0.15, 0.2) is 6.61 Å². The van der Waals surface area contributed by atoms with E-state index in [1.54, 1.807) is 24.3 Å². The summed E-state index contributed by atoms with van der Waals surface area (Å²) < 4.78 is 10.1. The van der Waals surface area contributed by atoms with E-state index in [-0.39, 0.29) is 19.1 Å². The van der Waals surface area contributed by atoms with Crippen LogP contribution in [-0.4, -0.2) is 18.5 Å². The van der Waals surface area contributed by atoms with Gasteiger partial charge >= 0.3 is 5.97 Å². The molecule has 0 unspecified atom stereocenters. The Hall–Kier alpha value is -2.56. The number of hydrogen-bond acceptors (Lipinski definition) is 4. The molecule has 0 radical (unpaired) electrons. The minimum atomic E-state index is -0.496. The Balaban J connectivity index is 1.83. The summed E-state index contributed by atoms with van der Waals surface area (Å²) in [5, 5.41) is 2.61. The third-order valence-corrected chi connectivity index (χ3v) is 3.20. The molecule has 0 aliphatic rings. The first-order valence-electron chi connectivity index (χ1n) is 6.60. The summed E-state index contributed by atoms with van der Waals surface area (Å²) in [5.41, 5.74) is 2.35. The molecule has 1 aromatic carbocycles. The molecule has 2 aromatic rings. The van der Waals surface area contributed by atoms with Gasteiger partial charge in [-0.3, -0.25) is 4.79 Å². The van der Waals surface area contributed by atoms with Gasteiger partial charge in [0.05, 0.1) is 18.4 Å². The highest BCUT2D eigenvalue weighted by atomic mass is 16.5. The van der Waals surface area contributed by atoms with Crippen LogP contribution in [0, 0.1) is 13.8 Å². The molecule has 1 heterocycles. The minimum absolute atomic E-state index is 0.271. The quantitative estimate of drug-likeness (QED) is 0.857. The fraction of sp³-hybridized carbons (Fsp3) is 0.250. The third-order valence-electron chi connectivity index (χ3n) is 3.20. The Kier molecular flexibility index (Phi) is 4.77. The Morgan fingerprint density at radius 2 is 2.00 bits per heavy atom. The van der Waals surface area contributed by atoms with Crippen LogP contribution in [0.1, 0.15) is 27.2 Å². The maximum Gasteiger partial charge on any atom is 0.338 e. The third kappa shape index (κ3) is 3.95. The average Bonchev–Trinajstić information content (AvgIpc) is 2.99. The maximum absolute atomic E-state index is 11.9. The van der Waals surface area contributed by atoms with Crippen molar-refractivity contribution in [2.75, 3.05) is 6.61 Å². The average molecular weight is 287 g/mol. The number of esters is 1. The van der Waals surface area contributed by atoms with Crippen molar-refractivity contribution in [3.63, 3.8) is 0 Å². The number of aryl methyl sites for hydroxylation is 1. The Labute approximate surface area is 122 Å². The van der Waals surface area contributed by atoms with E-state index in [9.17, 15) is 9.59 Å². The first-order valence-corrected chi connectivity index (χ1v) is 6.60. The molecule has 1 aromatic heterocycles. The van der Waals surface area contributed by atoms with Crippen molar-refractivity contribution in [3.8, 4) is 0 Å². The first kappa shape index (κ1) is 14.8. The molecule has 0 atom stereocenters. The van der Waals surface area contributed by atoms with E-state index in [1.807, 2.05) is 19.9 Å². The second kappa shape index (κ2) is 6.74. The van der Waals surface area contributed by atoms with Crippen LogP contribution < -0.4 is 5.32 Å². The fourth-order valence-corrected chi connectivity index (χ4v) is 1.83. The van der Waals surface area contributed by atoms with Gasteiger partial charge in [0.2, 0.25) is 0 Å². The summed E-state index contributed by atoms with van der Waals surface area (Å²) in [4.78, 5) is 23.5. The van der Waals surface area contributed by atoms with Crippen LogP contribution in [0.2, 0.25) is 0 Å². The molecule has 0 bridgehead atoms. The standard InChI is InChI=1S/C16H17NO4/c1-11-5-3-7-14(12(11)2)16(19)21-10-15(18)17-9-13-6-4-8-20-13/h3-8H,9-10H2,1-2H3,(H,17,18). The Bertz CT molecular complexity index is 632. The predicted octanol–water partition coefficient (Wildman–Crippen LogP) is 2.37. The molecule has 5 heteroatoms. The zero-order chi connectivity index (χ0) is 15.2. The summed E-state index contributed by atoms with van der Waals surface area (Å²) in [6, 6.07) is 8.88. The Morgan fingerprint density at radius 3 is 2.71 bits per heavy atom. The summed E-state index contributed by atoms with van der Waals surface area (Å²) in [6.07, 6.45) is 1.53. The number of benzene rings is 1. The van der Waals surface area contributed by atoms with Crippen LogP contribution >= 0.6 is 0 Å². The van der Waals surface area contributed by atoms with Gasteiger partial charge in [0, 0.05) is 0 Å². The maximum atomic E-state index is 11.9. The van der Waals surface area contributed by atoms with Crippen LogP contribution in [0.15, 0.2) is 41.0 Å². The van der Waals surface area contributed by atoms with Crippen molar-refractivity contribution >= 4 is 11.9 Å². The number of rotatable bonds is 5. The monoisotopic (exact) mass is 287 g/mol. The minimum Gasteiger partial charge on any atom is -0.467 e. The summed E-state index contributed by atoms with van der Waals surface area (Å²) in [5.74, 6) is -0.224. The van der Waals surface area contributed by atoms with E-state index in [2.05, 4.69) is 5.32 Å². The summed E-state index contributed by atoms with van der Waals surface area (Å²) in [7, 11) is 0. The molecule has 5 nitrogen and oxygen atoms in total. The smallest absolute Gasteiger partial charge is 0.338 e.